The van der Waals surface area contributed by atoms with E-state index in [0.29, 0.717) is 16.1 Å². The fourth-order valence-corrected chi connectivity index (χ4v) is 4.05. The van der Waals surface area contributed by atoms with Crippen molar-refractivity contribution in [3.8, 4) is 6.07 Å². The minimum atomic E-state index is -0.325. The number of aryl methyl sites for hydroxylation is 1. The van der Waals surface area contributed by atoms with E-state index >= 15 is 0 Å². The van der Waals surface area contributed by atoms with Gasteiger partial charge in [-0.05, 0) is 43.4 Å². The van der Waals surface area contributed by atoms with Crippen LogP contribution in [0.15, 0.2) is 30.3 Å². The van der Waals surface area contributed by atoms with Crippen LogP contribution in [0.3, 0.4) is 0 Å². The minimum absolute atomic E-state index is 0.124. The molecule has 0 unspecified atom stereocenters. The molecular formula is C18H17N3O2S. The molecule has 2 aromatic rings. The molecule has 2 N–H and O–H groups in total. The van der Waals surface area contributed by atoms with Crippen molar-refractivity contribution in [3.63, 3.8) is 0 Å². The summed E-state index contributed by atoms with van der Waals surface area (Å²) in [5, 5.41) is 15.3. The van der Waals surface area contributed by atoms with E-state index in [4.69, 9.17) is 0 Å². The molecule has 1 heterocycles. The lowest BCUT2D eigenvalue weighted by Crippen LogP contribution is -2.32. The zero-order valence-electron chi connectivity index (χ0n) is 13.1. The zero-order chi connectivity index (χ0) is 16.9. The van der Waals surface area contributed by atoms with Crippen molar-refractivity contribution in [3.05, 3.63) is 51.9 Å². The van der Waals surface area contributed by atoms with Gasteiger partial charge < -0.3 is 10.6 Å². The Balaban J connectivity index is 1.62. The Morgan fingerprint density at radius 2 is 1.92 bits per heavy atom. The molecule has 0 saturated carbocycles. The summed E-state index contributed by atoms with van der Waals surface area (Å²) in [7, 11) is 0. The van der Waals surface area contributed by atoms with Crippen molar-refractivity contribution in [2.24, 2.45) is 0 Å². The van der Waals surface area contributed by atoms with Gasteiger partial charge in [-0.1, -0.05) is 18.2 Å². The van der Waals surface area contributed by atoms with Gasteiger partial charge in [-0.15, -0.1) is 11.3 Å². The molecule has 0 spiro atoms. The van der Waals surface area contributed by atoms with Crippen LogP contribution < -0.4 is 10.6 Å². The number of rotatable bonds is 4. The van der Waals surface area contributed by atoms with Crippen LogP contribution in [0.2, 0.25) is 0 Å². The van der Waals surface area contributed by atoms with Gasteiger partial charge in [-0.2, -0.15) is 5.26 Å². The topological polar surface area (TPSA) is 82.0 Å². The lowest BCUT2D eigenvalue weighted by Gasteiger charge is -2.09. The average molecular weight is 339 g/mol. The second kappa shape index (κ2) is 7.28. The van der Waals surface area contributed by atoms with E-state index in [1.807, 2.05) is 6.07 Å². The van der Waals surface area contributed by atoms with Crippen molar-refractivity contribution in [2.45, 2.75) is 25.7 Å². The van der Waals surface area contributed by atoms with Gasteiger partial charge in [0.25, 0.3) is 5.91 Å². The van der Waals surface area contributed by atoms with Crippen LogP contribution >= 0.6 is 11.3 Å². The first-order valence-electron chi connectivity index (χ1n) is 7.87. The highest BCUT2D eigenvalue weighted by Crippen LogP contribution is 2.37. The van der Waals surface area contributed by atoms with E-state index in [-0.39, 0.29) is 18.4 Å². The van der Waals surface area contributed by atoms with Gasteiger partial charge >= 0.3 is 0 Å². The smallest absolute Gasteiger partial charge is 0.251 e. The van der Waals surface area contributed by atoms with E-state index in [1.165, 1.54) is 16.2 Å². The number of amides is 2. The number of fused-ring (bicyclic) bond motifs is 1. The van der Waals surface area contributed by atoms with Gasteiger partial charge in [0.2, 0.25) is 5.91 Å². The summed E-state index contributed by atoms with van der Waals surface area (Å²) >= 11 is 1.48. The fraction of sp³-hybridized carbons (Fsp3) is 0.278. The molecule has 6 heteroatoms. The van der Waals surface area contributed by atoms with Crippen LogP contribution in [0.1, 0.15) is 39.2 Å². The van der Waals surface area contributed by atoms with Crippen LogP contribution in [0.4, 0.5) is 5.00 Å². The summed E-state index contributed by atoms with van der Waals surface area (Å²) in [6.07, 6.45) is 4.07. The van der Waals surface area contributed by atoms with Crippen LogP contribution in [-0.4, -0.2) is 18.4 Å². The number of carbonyl (C=O) groups is 2. The summed E-state index contributed by atoms with van der Waals surface area (Å²) in [6, 6.07) is 10.9. The quantitative estimate of drug-likeness (QED) is 0.898. The molecule has 0 fully saturated rings. The molecule has 0 aliphatic heterocycles. The average Bonchev–Trinajstić information content (AvgIpc) is 2.97. The maximum atomic E-state index is 12.1. The Morgan fingerprint density at radius 1 is 1.17 bits per heavy atom. The van der Waals surface area contributed by atoms with E-state index in [9.17, 15) is 14.9 Å². The number of thiophene rings is 1. The van der Waals surface area contributed by atoms with Gasteiger partial charge in [-0.3, -0.25) is 9.59 Å². The normalized spacial score (nSPS) is 12.8. The fourth-order valence-electron chi connectivity index (χ4n) is 2.80. The van der Waals surface area contributed by atoms with Gasteiger partial charge in [0.05, 0.1) is 12.1 Å². The third-order valence-electron chi connectivity index (χ3n) is 3.98. The molecule has 0 saturated heterocycles. The number of hydrogen-bond donors (Lipinski definition) is 2. The predicted octanol–water partition coefficient (Wildman–Crippen LogP) is 2.87. The summed E-state index contributed by atoms with van der Waals surface area (Å²) in [4.78, 5) is 25.2. The highest BCUT2D eigenvalue weighted by Gasteiger charge is 2.21. The third kappa shape index (κ3) is 3.47. The van der Waals surface area contributed by atoms with Crippen LogP contribution in [-0.2, 0) is 17.6 Å². The molecule has 3 rings (SSSR count). The summed E-state index contributed by atoms with van der Waals surface area (Å²) in [5.41, 5.74) is 2.17. The third-order valence-corrected chi connectivity index (χ3v) is 5.19. The summed E-state index contributed by atoms with van der Waals surface area (Å²) in [6.45, 7) is -0.124. The van der Waals surface area contributed by atoms with Crippen molar-refractivity contribution >= 4 is 28.2 Å². The Bertz CT molecular complexity index is 806. The lowest BCUT2D eigenvalue weighted by atomic mass is 9.96. The van der Waals surface area contributed by atoms with Crippen molar-refractivity contribution in [2.75, 3.05) is 11.9 Å². The number of anilines is 1. The zero-order valence-corrected chi connectivity index (χ0v) is 13.9. The van der Waals surface area contributed by atoms with Gasteiger partial charge in [0.1, 0.15) is 11.1 Å². The first kappa shape index (κ1) is 16.2. The van der Waals surface area contributed by atoms with Crippen molar-refractivity contribution in [1.82, 2.24) is 5.32 Å². The van der Waals surface area contributed by atoms with Gasteiger partial charge in [0, 0.05) is 10.4 Å². The molecule has 24 heavy (non-hydrogen) atoms. The van der Waals surface area contributed by atoms with Gasteiger partial charge in [-0.25, -0.2) is 0 Å². The molecule has 122 valence electrons. The largest absolute Gasteiger partial charge is 0.343 e. The Kier molecular flexibility index (Phi) is 4.92. The van der Waals surface area contributed by atoms with E-state index in [2.05, 4.69) is 16.7 Å². The SMILES string of the molecule is N#Cc1c(NC(=O)CNC(=O)c2ccccc2)sc2c1CCCC2. The molecule has 2 amide bonds. The highest BCUT2D eigenvalue weighted by atomic mass is 32.1. The van der Waals surface area contributed by atoms with Crippen LogP contribution in [0.25, 0.3) is 0 Å². The Morgan fingerprint density at radius 3 is 2.67 bits per heavy atom. The maximum absolute atomic E-state index is 12.1. The summed E-state index contributed by atoms with van der Waals surface area (Å²) < 4.78 is 0. The number of nitrogens with one attached hydrogen (secondary N) is 2. The molecule has 1 aromatic carbocycles. The first-order valence-corrected chi connectivity index (χ1v) is 8.68. The minimum Gasteiger partial charge on any atom is -0.343 e. The van der Waals surface area contributed by atoms with E-state index in [0.717, 1.165) is 31.2 Å². The Labute approximate surface area is 144 Å². The molecule has 1 aliphatic carbocycles. The molecule has 1 aromatic heterocycles. The second-order valence-corrected chi connectivity index (χ2v) is 6.73. The number of hydrogen-bond acceptors (Lipinski definition) is 4. The molecule has 0 atom stereocenters. The molecular weight excluding hydrogens is 322 g/mol. The molecule has 0 radical (unpaired) electrons. The van der Waals surface area contributed by atoms with Crippen LogP contribution in [0.5, 0.6) is 0 Å². The van der Waals surface area contributed by atoms with Crippen LogP contribution in [0, 0.1) is 11.3 Å². The number of benzene rings is 1. The predicted molar refractivity (Wildman–Crippen MR) is 93.1 cm³/mol. The Hall–Kier alpha value is -2.65. The second-order valence-electron chi connectivity index (χ2n) is 5.62. The molecule has 5 nitrogen and oxygen atoms in total. The highest BCUT2D eigenvalue weighted by molar-refractivity contribution is 7.16. The number of nitrogens with zero attached hydrogens (tertiary/aromatic N) is 1. The molecule has 1 aliphatic rings. The summed E-state index contributed by atoms with van der Waals surface area (Å²) in [5.74, 6) is -0.619. The van der Waals surface area contributed by atoms with E-state index in [1.54, 1.807) is 24.3 Å². The number of carbonyl (C=O) groups excluding carboxylic acids is 2. The monoisotopic (exact) mass is 339 g/mol. The van der Waals surface area contributed by atoms with Crippen molar-refractivity contribution < 1.29 is 9.59 Å². The van der Waals surface area contributed by atoms with E-state index < -0.39 is 0 Å². The number of nitriles is 1. The van der Waals surface area contributed by atoms with Crippen molar-refractivity contribution in [1.29, 1.82) is 5.26 Å². The first-order chi connectivity index (χ1) is 11.7. The standard InChI is InChI=1S/C18H17N3O2S/c19-10-14-13-8-4-5-9-15(13)24-18(14)21-16(22)11-20-17(23)12-6-2-1-3-7-12/h1-3,6-7H,4-5,8-9,11H2,(H,20,23)(H,21,22). The lowest BCUT2D eigenvalue weighted by molar-refractivity contribution is -0.115. The molecule has 0 bridgehead atoms. The van der Waals surface area contributed by atoms with Gasteiger partial charge in [0.15, 0.2) is 0 Å². The maximum Gasteiger partial charge on any atom is 0.251 e.